The molecule has 5 aromatic carbocycles. The number of aromatic nitrogens is 4. The first kappa shape index (κ1) is 53.6. The molecule has 0 radical (unpaired) electrons. The summed E-state index contributed by atoms with van der Waals surface area (Å²) in [6.45, 7) is 7.01. The molecule has 1 fully saturated rings. The van der Waals surface area contributed by atoms with Crippen molar-refractivity contribution in [2.24, 2.45) is 0 Å². The van der Waals surface area contributed by atoms with E-state index >= 15 is 0 Å². The van der Waals surface area contributed by atoms with Gasteiger partial charge in [0.15, 0.2) is 0 Å². The number of hydrogen-bond donors (Lipinski definition) is 4. The van der Waals surface area contributed by atoms with Gasteiger partial charge in [-0.05, 0) is 12.1 Å². The number of nitrogens with zero attached hydrogens (tertiary/aromatic N) is 5. The fraction of sp³-hybridized carbons (Fsp3) is 0.309. The Balaban J connectivity index is 1.28. The Kier molecular flexibility index (Phi) is 17.2. The number of nitriles is 1. The molecule has 20 heteroatoms. The first-order valence-corrected chi connectivity index (χ1v) is 26.4. The molecule has 0 aliphatic carbocycles. The molecular formula is C55H61N8O11P. The van der Waals surface area contributed by atoms with Crippen LogP contribution in [0, 0.1) is 11.3 Å². The number of nitrogens with one attached hydrogen (secondary N) is 3. The van der Waals surface area contributed by atoms with E-state index in [1.807, 2.05) is 117 Å². The number of methoxy groups -OCH3 is 2. The van der Waals surface area contributed by atoms with Gasteiger partial charge in [-0.1, -0.05) is 18.2 Å². The van der Waals surface area contributed by atoms with Gasteiger partial charge < -0.3 is 0 Å². The third kappa shape index (κ3) is 12.1. The second-order valence-corrected chi connectivity index (χ2v) is 20.9. The Hall–Kier alpha value is -7.69. The molecule has 0 spiro atoms. The first-order chi connectivity index (χ1) is 36.3. The number of carbonyl (C=O) groups is 2. The molecular weight excluding hydrogens is 980 g/mol. The predicted molar refractivity (Wildman–Crippen MR) is 284 cm³/mol. The van der Waals surface area contributed by atoms with Crippen LogP contribution in [0.25, 0.3) is 11.2 Å². The number of benzene rings is 5. The van der Waals surface area contributed by atoms with Gasteiger partial charge in [-0.3, -0.25) is 0 Å². The van der Waals surface area contributed by atoms with Crippen LogP contribution in [0.4, 0.5) is 16.4 Å². The molecule has 392 valence electrons. The van der Waals surface area contributed by atoms with Gasteiger partial charge in [0.05, 0.1) is 0 Å². The van der Waals surface area contributed by atoms with Crippen molar-refractivity contribution in [2.75, 3.05) is 44.2 Å². The number of amides is 2. The molecule has 3 heterocycles. The van der Waals surface area contributed by atoms with Crippen molar-refractivity contribution in [2.45, 2.75) is 76.3 Å². The fourth-order valence-electron chi connectivity index (χ4n) is 9.50. The summed E-state index contributed by atoms with van der Waals surface area (Å²) in [5, 5.41) is 15.4. The summed E-state index contributed by atoms with van der Waals surface area (Å²) in [7, 11) is -1.07. The second-order valence-electron chi connectivity index (χ2n) is 18.2. The SMILES string of the molecule is COc1ccc(C(OC[C@H]2O[C@@H](n3cnc4c(=O)[nH]c(NC(=O)COc5ccccc5)nc43)[C@H](OC(=O)Nc3ccccc3)[C@@H]2O[PH](O)(CCC#N)N(C(C)C)C(C)C)(c2ccccc2)c2ccc(OC)cc2)cc1. The second kappa shape index (κ2) is 24.1. The number of fused-ring (bicyclic) bond motifs is 1. The normalized spacial score (nSPS) is 16.9. The van der Waals surface area contributed by atoms with Gasteiger partial charge in [-0.2, -0.15) is 0 Å². The predicted octanol–water partition coefficient (Wildman–Crippen LogP) is 8.58. The van der Waals surface area contributed by atoms with E-state index < -0.39 is 62.2 Å². The molecule has 0 saturated carbocycles. The van der Waals surface area contributed by atoms with Crippen molar-refractivity contribution in [3.63, 3.8) is 0 Å². The van der Waals surface area contributed by atoms with E-state index in [1.54, 1.807) is 68.8 Å². The zero-order valence-electron chi connectivity index (χ0n) is 42.4. The number of rotatable bonds is 22. The van der Waals surface area contributed by atoms with Gasteiger partial charge in [0.2, 0.25) is 0 Å². The number of para-hydroxylation sites is 2. The monoisotopic (exact) mass is 1040 g/mol. The molecule has 4 N–H and O–H groups in total. The minimum atomic E-state index is -4.24. The molecule has 4 atom stereocenters. The van der Waals surface area contributed by atoms with Crippen molar-refractivity contribution in [1.29, 1.82) is 5.26 Å². The number of carbonyl (C=O) groups excluding carboxylic acids is 2. The summed E-state index contributed by atoms with van der Waals surface area (Å²) in [5.41, 5.74) is 0.314. The van der Waals surface area contributed by atoms with Gasteiger partial charge in [-0.25, -0.2) is 0 Å². The molecule has 1 saturated heterocycles. The maximum absolute atomic E-state index is 14.3. The summed E-state index contributed by atoms with van der Waals surface area (Å²) in [6, 6.07) is 43.6. The average molecular weight is 1040 g/mol. The van der Waals surface area contributed by atoms with Crippen molar-refractivity contribution in [1.82, 2.24) is 24.2 Å². The Morgan fingerprint density at radius 3 is 1.96 bits per heavy atom. The van der Waals surface area contributed by atoms with Crippen LogP contribution in [0.3, 0.4) is 0 Å². The number of H-pyrrole nitrogens is 1. The van der Waals surface area contributed by atoms with Crippen LogP contribution in [-0.2, 0) is 29.1 Å². The zero-order chi connectivity index (χ0) is 53.1. The zero-order valence-corrected chi connectivity index (χ0v) is 43.4. The third-order valence-electron chi connectivity index (χ3n) is 12.7. The Morgan fingerprint density at radius 2 is 1.39 bits per heavy atom. The Labute approximate surface area is 434 Å². The topological polar surface area (TPSA) is 234 Å². The van der Waals surface area contributed by atoms with Gasteiger partial charge in [-0.15, -0.1) is 0 Å². The van der Waals surface area contributed by atoms with Crippen LogP contribution in [0.2, 0.25) is 0 Å². The first-order valence-electron chi connectivity index (χ1n) is 24.4. The van der Waals surface area contributed by atoms with Crippen molar-refractivity contribution in [3.05, 3.63) is 173 Å². The van der Waals surface area contributed by atoms with Crippen LogP contribution in [0.1, 0.15) is 57.0 Å². The number of imidazole rings is 1. The summed E-state index contributed by atoms with van der Waals surface area (Å²) < 4.78 is 48.1. The quantitative estimate of drug-likeness (QED) is 0.0368. The Bertz CT molecular complexity index is 3050. The molecule has 7 aromatic rings. The van der Waals surface area contributed by atoms with Crippen LogP contribution in [0.5, 0.6) is 17.2 Å². The summed E-state index contributed by atoms with van der Waals surface area (Å²) in [4.78, 5) is 66.0. The van der Waals surface area contributed by atoms with Crippen molar-refractivity contribution in [3.8, 4) is 23.3 Å². The third-order valence-corrected chi connectivity index (χ3v) is 16.1. The molecule has 8 rings (SSSR count). The fourth-order valence-corrected chi connectivity index (χ4v) is 12.8. The summed E-state index contributed by atoms with van der Waals surface area (Å²) in [5.74, 6) is 0.843. The number of hydrogen-bond acceptors (Lipinski definition) is 15. The van der Waals surface area contributed by atoms with Crippen LogP contribution < -0.4 is 30.4 Å². The average Bonchev–Trinajstić information content (AvgIpc) is 3.99. The molecule has 0 unspecified atom stereocenters. The molecule has 1 aliphatic rings. The van der Waals surface area contributed by atoms with Gasteiger partial charge >= 0.3 is 400 Å². The maximum atomic E-state index is 14.3. The molecule has 19 nitrogen and oxygen atoms in total. The summed E-state index contributed by atoms with van der Waals surface area (Å²) >= 11 is 0. The van der Waals surface area contributed by atoms with Crippen LogP contribution in [0.15, 0.2) is 151 Å². The van der Waals surface area contributed by atoms with E-state index in [0.29, 0.717) is 34.1 Å². The molecule has 2 amide bonds. The van der Waals surface area contributed by atoms with E-state index in [4.69, 9.17) is 32.9 Å². The van der Waals surface area contributed by atoms with E-state index in [-0.39, 0.29) is 48.4 Å². The molecule has 75 heavy (non-hydrogen) atoms. The van der Waals surface area contributed by atoms with Gasteiger partial charge in [0.1, 0.15) is 5.75 Å². The molecule has 1 aliphatic heterocycles. The van der Waals surface area contributed by atoms with Crippen LogP contribution >= 0.6 is 7.87 Å². The Morgan fingerprint density at radius 1 is 0.813 bits per heavy atom. The van der Waals surface area contributed by atoms with Crippen molar-refractivity contribution >= 4 is 42.7 Å². The standard InChI is InChI=1S/C55H61N8O11P/c1-36(2)63(37(3)4)75(67,32-16-31-56)74-48-45(33-71-55(38-17-10-7-11-18-38,39-23-27-42(68-5)28-24-39)40-25-29-43(69-6)30-26-40)72-52(49(48)73-54(66)58-41-19-12-8-13-20-41)62-35-57-47-50(62)60-53(61-51(47)65)59-46(64)34-70-44-21-14-9-15-22-44/h7-15,17-30,35-37,45,48-49,52,67,75H,16,32-34H2,1-6H3,(H,58,66)(H2,59,60,61,64,65)/t45-,48-,49-,52-/m1/s1. The van der Waals surface area contributed by atoms with Gasteiger partial charge in [0.25, 0.3) is 0 Å². The van der Waals surface area contributed by atoms with E-state index in [2.05, 4.69) is 31.7 Å². The van der Waals surface area contributed by atoms with Crippen molar-refractivity contribution < 1.29 is 47.4 Å². The van der Waals surface area contributed by atoms with Gasteiger partial charge in [0, 0.05) is 0 Å². The van der Waals surface area contributed by atoms with Crippen LogP contribution in [-0.4, -0.2) is 105 Å². The van der Waals surface area contributed by atoms with E-state index in [9.17, 15) is 24.5 Å². The number of aromatic amines is 1. The minimum absolute atomic E-state index is 0.0504. The number of anilines is 2. The van der Waals surface area contributed by atoms with E-state index in [0.717, 1.165) is 5.56 Å². The summed E-state index contributed by atoms with van der Waals surface area (Å²) in [6.07, 6.45) is -5.08. The van der Waals surface area contributed by atoms with E-state index in [1.165, 1.54) is 10.9 Å². The molecule has 0 bridgehead atoms. The number of ether oxygens (including phenoxy) is 6. The molecule has 2 aromatic heterocycles.